The lowest BCUT2D eigenvalue weighted by Gasteiger charge is -2.18. The molecule has 0 rings (SSSR count). The van der Waals surface area contributed by atoms with Crippen LogP contribution in [0.4, 0.5) is 0 Å². The Hall–Kier alpha value is -0.650. The topological polar surface area (TPSA) is 87.0 Å². The second-order valence-corrected chi connectivity index (χ2v) is 13.2. The minimum atomic E-state index is -0.927. The molecule has 0 radical (unpaired) electrons. The second-order valence-electron chi connectivity index (χ2n) is 13.2. The maximum Gasteiger partial charge on any atom is 0.308 e. The Kier molecular flexibility index (Phi) is 32.7. The van der Waals surface area contributed by atoms with Gasteiger partial charge in [-0.25, -0.2) is 0 Å². The zero-order valence-electron chi connectivity index (χ0n) is 28.3. The number of hydrogen-bond acceptors (Lipinski definition) is 5. The first-order chi connectivity index (χ1) is 20.5. The van der Waals surface area contributed by atoms with Gasteiger partial charge in [-0.1, -0.05) is 180 Å². The minimum absolute atomic E-state index is 0.0890. The number of carbonyl (C=O) groups excluding carboxylic acids is 1. The van der Waals surface area contributed by atoms with E-state index in [0.29, 0.717) is 6.42 Å². The Labute approximate surface area is 262 Å². The zero-order valence-corrected chi connectivity index (χ0v) is 28.3. The average Bonchev–Trinajstić information content (AvgIpc) is 2.96. The SMILES string of the molecule is CCCCCCCCCCCCCCCCCCCCCCCCCCCCC[C@@H](O)C[C@H](O)C[C@H](O)CC(=O)OC. The molecule has 252 valence electrons. The monoisotopic (exact) mass is 599 g/mol. The first-order valence-electron chi connectivity index (χ1n) is 18.6. The highest BCUT2D eigenvalue weighted by Gasteiger charge is 2.18. The first kappa shape index (κ1) is 41.4. The minimum Gasteiger partial charge on any atom is -0.469 e. The summed E-state index contributed by atoms with van der Waals surface area (Å²) in [5.41, 5.74) is 0. The number of esters is 1. The van der Waals surface area contributed by atoms with Gasteiger partial charge >= 0.3 is 5.97 Å². The fourth-order valence-electron chi connectivity index (χ4n) is 6.07. The number of aliphatic hydroxyl groups is 3. The molecule has 5 heteroatoms. The highest BCUT2D eigenvalue weighted by Crippen LogP contribution is 2.17. The summed E-state index contributed by atoms with van der Waals surface area (Å²) >= 11 is 0. The van der Waals surface area contributed by atoms with Crippen molar-refractivity contribution in [2.24, 2.45) is 0 Å². The van der Waals surface area contributed by atoms with Gasteiger partial charge in [-0.3, -0.25) is 4.79 Å². The van der Waals surface area contributed by atoms with Gasteiger partial charge in [-0.2, -0.15) is 0 Å². The molecule has 0 bridgehead atoms. The summed E-state index contributed by atoms with van der Waals surface area (Å²) in [7, 11) is 1.28. The Morgan fingerprint density at radius 2 is 0.738 bits per heavy atom. The van der Waals surface area contributed by atoms with Crippen LogP contribution in [0.2, 0.25) is 0 Å². The third kappa shape index (κ3) is 32.3. The van der Waals surface area contributed by atoms with E-state index in [9.17, 15) is 20.1 Å². The molecule has 0 saturated heterocycles. The fraction of sp³-hybridized carbons (Fsp3) is 0.973. The number of carbonyl (C=O) groups is 1. The summed E-state index contributed by atoms with van der Waals surface area (Å²) in [6.45, 7) is 2.29. The Morgan fingerprint density at radius 3 is 1.05 bits per heavy atom. The van der Waals surface area contributed by atoms with Gasteiger partial charge in [0.1, 0.15) is 0 Å². The van der Waals surface area contributed by atoms with Gasteiger partial charge in [-0.05, 0) is 19.3 Å². The number of aliphatic hydroxyl groups excluding tert-OH is 3. The summed E-state index contributed by atoms with van der Waals surface area (Å²) in [5.74, 6) is -0.490. The maximum absolute atomic E-state index is 11.2. The quantitative estimate of drug-likeness (QED) is 0.0506. The van der Waals surface area contributed by atoms with Gasteiger partial charge in [0.05, 0.1) is 31.8 Å². The normalized spacial score (nSPS) is 13.7. The predicted octanol–water partition coefficient (Wildman–Crippen LogP) is 10.4. The van der Waals surface area contributed by atoms with E-state index in [-0.39, 0.29) is 19.3 Å². The highest BCUT2D eigenvalue weighted by atomic mass is 16.5. The number of ether oxygens (including phenoxy) is 1. The lowest BCUT2D eigenvalue weighted by atomic mass is 9.99. The van der Waals surface area contributed by atoms with E-state index >= 15 is 0 Å². The molecule has 3 atom stereocenters. The third-order valence-corrected chi connectivity index (χ3v) is 8.86. The molecular formula is C37H74O5. The van der Waals surface area contributed by atoms with Crippen LogP contribution in [0.5, 0.6) is 0 Å². The van der Waals surface area contributed by atoms with Crippen LogP contribution in [-0.4, -0.2) is 46.7 Å². The number of unbranched alkanes of at least 4 members (excludes halogenated alkanes) is 26. The van der Waals surface area contributed by atoms with E-state index in [2.05, 4.69) is 11.7 Å². The molecule has 0 aromatic heterocycles. The molecule has 0 amide bonds. The van der Waals surface area contributed by atoms with Crippen molar-refractivity contribution in [2.75, 3.05) is 7.11 Å². The van der Waals surface area contributed by atoms with E-state index in [0.717, 1.165) is 12.8 Å². The Balaban J connectivity index is 3.23. The van der Waals surface area contributed by atoms with Crippen LogP contribution < -0.4 is 0 Å². The fourth-order valence-corrected chi connectivity index (χ4v) is 6.07. The summed E-state index contributed by atoms with van der Waals surface area (Å²) in [6, 6.07) is 0. The summed E-state index contributed by atoms with van der Waals surface area (Å²) in [5, 5.41) is 29.9. The average molecular weight is 599 g/mol. The smallest absolute Gasteiger partial charge is 0.308 e. The standard InChI is InChI=1S/C37H74O5/c1-3-4-5-6-7-8-9-10-11-12-13-14-15-16-17-18-19-20-21-22-23-24-25-26-27-28-29-30-34(38)31-35(39)32-36(40)33-37(41)42-2/h34-36,38-40H,3-33H2,1-2H3/t34-,35+,36+/m1/s1. The van der Waals surface area contributed by atoms with Crippen molar-refractivity contribution in [1.29, 1.82) is 0 Å². The van der Waals surface area contributed by atoms with Crippen LogP contribution in [0, 0.1) is 0 Å². The van der Waals surface area contributed by atoms with Gasteiger partial charge in [0, 0.05) is 0 Å². The van der Waals surface area contributed by atoms with Crippen LogP contribution in [-0.2, 0) is 9.53 Å². The molecule has 0 aliphatic rings. The van der Waals surface area contributed by atoms with Crippen molar-refractivity contribution in [3.63, 3.8) is 0 Å². The molecule has 3 N–H and O–H groups in total. The molecule has 0 aromatic carbocycles. The summed E-state index contributed by atoms with van der Waals surface area (Å²) in [4.78, 5) is 11.2. The van der Waals surface area contributed by atoms with Gasteiger partial charge < -0.3 is 20.1 Å². The molecule has 42 heavy (non-hydrogen) atoms. The molecule has 0 saturated carbocycles. The first-order valence-corrected chi connectivity index (χ1v) is 18.6. The lowest BCUT2D eigenvalue weighted by molar-refractivity contribution is -0.143. The van der Waals surface area contributed by atoms with Gasteiger partial charge in [-0.15, -0.1) is 0 Å². The molecule has 0 heterocycles. The van der Waals surface area contributed by atoms with Crippen molar-refractivity contribution in [2.45, 2.75) is 224 Å². The Morgan fingerprint density at radius 1 is 0.452 bits per heavy atom. The molecule has 0 spiro atoms. The van der Waals surface area contributed by atoms with E-state index in [1.165, 1.54) is 168 Å². The molecule has 0 unspecified atom stereocenters. The van der Waals surface area contributed by atoms with Crippen molar-refractivity contribution in [3.8, 4) is 0 Å². The van der Waals surface area contributed by atoms with E-state index in [1.54, 1.807) is 0 Å². The van der Waals surface area contributed by atoms with E-state index < -0.39 is 24.3 Å². The lowest BCUT2D eigenvalue weighted by Crippen LogP contribution is -2.25. The van der Waals surface area contributed by atoms with Crippen molar-refractivity contribution >= 4 is 5.97 Å². The van der Waals surface area contributed by atoms with Gasteiger partial charge in [0.2, 0.25) is 0 Å². The molecule has 0 aliphatic heterocycles. The van der Waals surface area contributed by atoms with Crippen LogP contribution >= 0.6 is 0 Å². The van der Waals surface area contributed by atoms with Gasteiger partial charge in [0.15, 0.2) is 0 Å². The largest absolute Gasteiger partial charge is 0.469 e. The zero-order chi connectivity index (χ0) is 30.9. The molecule has 0 aliphatic carbocycles. The maximum atomic E-state index is 11.2. The number of hydrogen-bond donors (Lipinski definition) is 3. The van der Waals surface area contributed by atoms with Crippen LogP contribution in [0.15, 0.2) is 0 Å². The summed E-state index contributed by atoms with van der Waals surface area (Å²) < 4.78 is 4.52. The number of rotatable bonds is 34. The molecule has 0 aromatic rings. The van der Waals surface area contributed by atoms with Crippen molar-refractivity contribution < 1.29 is 24.9 Å². The highest BCUT2D eigenvalue weighted by molar-refractivity contribution is 5.69. The van der Waals surface area contributed by atoms with E-state index in [4.69, 9.17) is 0 Å². The molecule has 5 nitrogen and oxygen atoms in total. The van der Waals surface area contributed by atoms with Crippen molar-refractivity contribution in [3.05, 3.63) is 0 Å². The summed E-state index contributed by atoms with van der Waals surface area (Å²) in [6.07, 6.45) is 36.0. The van der Waals surface area contributed by atoms with Gasteiger partial charge in [0.25, 0.3) is 0 Å². The molecule has 0 fully saturated rings. The molecular weight excluding hydrogens is 524 g/mol. The third-order valence-electron chi connectivity index (χ3n) is 8.86. The van der Waals surface area contributed by atoms with Crippen LogP contribution in [0.25, 0.3) is 0 Å². The predicted molar refractivity (Wildman–Crippen MR) is 179 cm³/mol. The van der Waals surface area contributed by atoms with Crippen molar-refractivity contribution in [1.82, 2.24) is 0 Å². The Bertz CT molecular complexity index is 540. The van der Waals surface area contributed by atoms with Crippen LogP contribution in [0.1, 0.15) is 206 Å². The second kappa shape index (κ2) is 33.2. The van der Waals surface area contributed by atoms with E-state index in [1.807, 2.05) is 0 Å². The number of methoxy groups -OCH3 is 1. The van der Waals surface area contributed by atoms with Crippen LogP contribution in [0.3, 0.4) is 0 Å².